The van der Waals surface area contributed by atoms with Crippen molar-refractivity contribution in [1.29, 1.82) is 0 Å². The summed E-state index contributed by atoms with van der Waals surface area (Å²) in [7, 11) is -4.64. The summed E-state index contributed by atoms with van der Waals surface area (Å²) in [5, 5.41) is 2.45. The number of aromatic nitrogens is 1. The highest BCUT2D eigenvalue weighted by atomic mass is 35.5. The van der Waals surface area contributed by atoms with Gasteiger partial charge in [-0.1, -0.05) is 74.3 Å². The number of nitrogens with zero attached hydrogens (tertiary/aromatic N) is 2. The lowest BCUT2D eigenvalue weighted by molar-refractivity contribution is 0.275. The third-order valence-corrected chi connectivity index (χ3v) is 6.46. The molecule has 0 fully saturated rings. The summed E-state index contributed by atoms with van der Waals surface area (Å²) in [6.07, 6.45) is 6.11. The maximum absolute atomic E-state index is 8.88. The zero-order valence-electron chi connectivity index (χ0n) is 20.7. The van der Waals surface area contributed by atoms with Gasteiger partial charge in [-0.15, -0.1) is 0 Å². The van der Waals surface area contributed by atoms with Crippen LogP contribution in [-0.2, 0) is 4.57 Å². The van der Waals surface area contributed by atoms with E-state index in [2.05, 4.69) is 25.7 Å². The molecule has 3 rings (SSSR count). The Morgan fingerprint density at radius 2 is 1.72 bits per heavy atom. The van der Waals surface area contributed by atoms with Gasteiger partial charge in [0.1, 0.15) is 0 Å². The third kappa shape index (κ3) is 9.49. The van der Waals surface area contributed by atoms with Gasteiger partial charge in [-0.25, -0.2) is 9.55 Å². The van der Waals surface area contributed by atoms with Crippen molar-refractivity contribution in [2.24, 2.45) is 0 Å². The molecule has 0 spiro atoms. The Kier molecular flexibility index (Phi) is 11.9. The number of benzene rings is 2. The number of hydrogen-bond acceptors (Lipinski definition) is 4. The van der Waals surface area contributed by atoms with E-state index in [-0.39, 0.29) is 0 Å². The van der Waals surface area contributed by atoms with Crippen LogP contribution >= 0.6 is 31.0 Å². The van der Waals surface area contributed by atoms with Crippen molar-refractivity contribution in [3.05, 3.63) is 69.3 Å². The predicted molar refractivity (Wildman–Crippen MR) is 151 cm³/mol. The van der Waals surface area contributed by atoms with Crippen LogP contribution in [0.1, 0.15) is 56.4 Å². The second-order valence-electron chi connectivity index (χ2n) is 8.42. The third-order valence-electron chi connectivity index (χ3n) is 5.88. The van der Waals surface area contributed by atoms with Crippen LogP contribution in [0.25, 0.3) is 23.1 Å². The number of fused-ring (bicyclic) bond motifs is 1. The molecule has 10 heteroatoms. The highest BCUT2D eigenvalue weighted by Crippen LogP contribution is 2.36. The summed E-state index contributed by atoms with van der Waals surface area (Å²) in [5.74, 6) is 0.315. The van der Waals surface area contributed by atoms with Crippen LogP contribution in [0, 0.1) is 0 Å². The average Bonchev–Trinajstić information content (AvgIpc) is 2.80. The first-order valence-electron chi connectivity index (χ1n) is 11.8. The molecule has 7 nitrogen and oxygen atoms in total. The summed E-state index contributed by atoms with van der Waals surface area (Å²) >= 11 is 12.6. The molecule has 1 heterocycles. The summed E-state index contributed by atoms with van der Waals surface area (Å²) < 4.78 is 8.88. The van der Waals surface area contributed by atoms with Gasteiger partial charge >= 0.3 is 7.82 Å². The molecule has 3 aromatic rings. The van der Waals surface area contributed by atoms with E-state index in [0.29, 0.717) is 16.0 Å². The van der Waals surface area contributed by atoms with Crippen LogP contribution in [0.15, 0.2) is 42.5 Å². The summed E-state index contributed by atoms with van der Waals surface area (Å²) in [5.41, 5.74) is 11.1. The SMILES string of the molecule is CCN(CC)CCCC(C)c1c(N)c(C=Cc2ccccc2Cl)nc2cc(Cl)ccc12.O=P(O)(O)O. The van der Waals surface area contributed by atoms with E-state index in [1.807, 2.05) is 54.6 Å². The molecular weight excluding hydrogens is 520 g/mol. The molecule has 0 aliphatic heterocycles. The second-order valence-corrected chi connectivity index (χ2v) is 10.3. The Bertz CT molecular complexity index is 1220. The molecule has 36 heavy (non-hydrogen) atoms. The molecule has 0 radical (unpaired) electrons. The van der Waals surface area contributed by atoms with Crippen molar-refractivity contribution >= 4 is 59.8 Å². The minimum absolute atomic E-state index is 0.315. The molecular formula is C26H34Cl2N3O4P. The number of phosphoric acid groups is 1. The average molecular weight is 554 g/mol. The summed E-state index contributed by atoms with van der Waals surface area (Å²) in [6, 6.07) is 13.6. The summed E-state index contributed by atoms with van der Waals surface area (Å²) in [6.45, 7) is 9.95. The van der Waals surface area contributed by atoms with Crippen LogP contribution in [0.2, 0.25) is 10.0 Å². The molecule has 196 valence electrons. The lowest BCUT2D eigenvalue weighted by Gasteiger charge is -2.21. The second kappa shape index (κ2) is 14.1. The van der Waals surface area contributed by atoms with E-state index < -0.39 is 7.82 Å². The molecule has 0 aliphatic rings. The quantitative estimate of drug-likeness (QED) is 0.220. The number of pyridine rings is 1. The zero-order chi connectivity index (χ0) is 26.9. The van der Waals surface area contributed by atoms with E-state index in [1.54, 1.807) is 0 Å². The van der Waals surface area contributed by atoms with Gasteiger partial charge in [0.05, 0.1) is 16.9 Å². The fourth-order valence-electron chi connectivity index (χ4n) is 4.04. The van der Waals surface area contributed by atoms with Gasteiger partial charge < -0.3 is 25.3 Å². The highest BCUT2D eigenvalue weighted by Gasteiger charge is 2.17. The van der Waals surface area contributed by atoms with Gasteiger partial charge in [-0.2, -0.15) is 0 Å². The van der Waals surface area contributed by atoms with Gasteiger partial charge in [0, 0.05) is 15.4 Å². The van der Waals surface area contributed by atoms with Crippen molar-refractivity contribution in [3.63, 3.8) is 0 Å². The van der Waals surface area contributed by atoms with Crippen molar-refractivity contribution in [2.45, 2.75) is 39.5 Å². The Morgan fingerprint density at radius 3 is 2.33 bits per heavy atom. The highest BCUT2D eigenvalue weighted by molar-refractivity contribution is 7.45. The first kappa shape index (κ1) is 30.3. The van der Waals surface area contributed by atoms with E-state index in [1.165, 1.54) is 0 Å². The van der Waals surface area contributed by atoms with Crippen LogP contribution < -0.4 is 5.73 Å². The van der Waals surface area contributed by atoms with E-state index in [4.69, 9.17) is 53.2 Å². The van der Waals surface area contributed by atoms with Crippen LogP contribution in [0.3, 0.4) is 0 Å². The van der Waals surface area contributed by atoms with Crippen LogP contribution in [-0.4, -0.2) is 44.2 Å². The van der Waals surface area contributed by atoms with Gasteiger partial charge in [0.25, 0.3) is 0 Å². The molecule has 1 atom stereocenters. The zero-order valence-corrected chi connectivity index (χ0v) is 23.1. The molecule has 0 saturated heterocycles. The van der Waals surface area contributed by atoms with E-state index in [9.17, 15) is 0 Å². The maximum atomic E-state index is 8.88. The smallest absolute Gasteiger partial charge is 0.397 e. The molecule has 1 aromatic heterocycles. The van der Waals surface area contributed by atoms with Crippen molar-refractivity contribution in [1.82, 2.24) is 9.88 Å². The number of nitrogens with two attached hydrogens (primary N) is 1. The van der Waals surface area contributed by atoms with E-state index in [0.717, 1.165) is 65.9 Å². The minimum atomic E-state index is -4.64. The van der Waals surface area contributed by atoms with Crippen molar-refractivity contribution < 1.29 is 19.2 Å². The lowest BCUT2D eigenvalue weighted by atomic mass is 9.90. The Balaban J connectivity index is 0.000000830. The molecule has 1 unspecified atom stereocenters. The first-order chi connectivity index (χ1) is 16.9. The number of hydrogen-bond donors (Lipinski definition) is 4. The number of rotatable bonds is 9. The molecule has 0 saturated carbocycles. The molecule has 2 aromatic carbocycles. The van der Waals surface area contributed by atoms with Crippen molar-refractivity contribution in [2.75, 3.05) is 25.4 Å². The topological polar surface area (TPSA) is 120 Å². The predicted octanol–water partition coefficient (Wildman–Crippen LogP) is 6.59. The van der Waals surface area contributed by atoms with E-state index >= 15 is 0 Å². The normalized spacial score (nSPS) is 12.7. The Labute approximate surface area is 222 Å². The fourth-order valence-corrected chi connectivity index (χ4v) is 4.41. The van der Waals surface area contributed by atoms with Gasteiger partial charge in [-0.3, -0.25) is 0 Å². The summed E-state index contributed by atoms with van der Waals surface area (Å²) in [4.78, 5) is 28.8. The van der Waals surface area contributed by atoms with Gasteiger partial charge in [-0.05, 0) is 73.8 Å². The van der Waals surface area contributed by atoms with Gasteiger partial charge in [0.2, 0.25) is 0 Å². The first-order valence-corrected chi connectivity index (χ1v) is 14.1. The number of anilines is 1. The molecule has 0 bridgehead atoms. The molecule has 0 aliphatic carbocycles. The Morgan fingerprint density at radius 1 is 1.08 bits per heavy atom. The molecule has 0 amide bonds. The fraction of sp³-hybridized carbons (Fsp3) is 0.346. The van der Waals surface area contributed by atoms with Crippen LogP contribution in [0.4, 0.5) is 5.69 Å². The van der Waals surface area contributed by atoms with Gasteiger partial charge in [0.15, 0.2) is 0 Å². The monoisotopic (exact) mass is 553 g/mol. The maximum Gasteiger partial charge on any atom is 0.466 e. The van der Waals surface area contributed by atoms with Crippen molar-refractivity contribution in [3.8, 4) is 0 Å². The number of halogens is 2. The molecule has 5 N–H and O–H groups in total. The lowest BCUT2D eigenvalue weighted by Crippen LogP contribution is -2.24. The Hall–Kier alpha value is -1.96. The number of nitrogen functional groups attached to an aromatic ring is 1. The van der Waals surface area contributed by atoms with Crippen LogP contribution in [0.5, 0.6) is 0 Å². The minimum Gasteiger partial charge on any atom is -0.397 e. The standard InChI is InChI=1S/C26H31Cl2N3.H3O4P/c1-4-31(5-2)16-8-9-18(3)25-21-14-13-20(27)17-24(21)30-23(26(25)29)15-12-19-10-6-7-11-22(19)28;1-5(2,3)4/h6-7,10-15,17-18H,4-5,8-9,16,29H2,1-3H3;(H3,1,2,3,4). The largest absolute Gasteiger partial charge is 0.466 e.